The fourth-order valence-corrected chi connectivity index (χ4v) is 2.02. The van der Waals surface area contributed by atoms with Crippen molar-refractivity contribution in [3.05, 3.63) is 70.5 Å². The first-order valence-electron chi connectivity index (χ1n) is 6.55. The molecule has 0 aliphatic rings. The van der Waals surface area contributed by atoms with Gasteiger partial charge in [0.15, 0.2) is 0 Å². The summed E-state index contributed by atoms with van der Waals surface area (Å²) in [4.78, 5) is 16.6. The van der Waals surface area contributed by atoms with E-state index in [9.17, 15) is 4.79 Å². The van der Waals surface area contributed by atoms with Gasteiger partial charge in [-0.15, -0.1) is 0 Å². The molecule has 0 fully saturated rings. The van der Waals surface area contributed by atoms with Gasteiger partial charge in [0, 0.05) is 7.05 Å². The third kappa shape index (κ3) is 2.67. The number of para-hydroxylation sites is 1. The maximum Gasteiger partial charge on any atom is 0.262 e. The van der Waals surface area contributed by atoms with Crippen molar-refractivity contribution >= 4 is 23.1 Å². The van der Waals surface area contributed by atoms with Crippen molar-refractivity contribution in [2.45, 2.75) is 0 Å². The molecule has 0 atom stereocenters. The molecule has 21 heavy (non-hydrogen) atoms. The van der Waals surface area contributed by atoms with Gasteiger partial charge in [-0.3, -0.25) is 9.36 Å². The second kappa shape index (κ2) is 5.58. The van der Waals surface area contributed by atoms with Crippen molar-refractivity contribution in [1.82, 2.24) is 9.55 Å². The monoisotopic (exact) mass is 278 g/mol. The SMILES string of the molecule is Cn1c(N/N=C/c2ccccc2)nc2ccccc2c1=O. The van der Waals surface area contributed by atoms with Gasteiger partial charge < -0.3 is 0 Å². The summed E-state index contributed by atoms with van der Waals surface area (Å²) < 4.78 is 1.45. The average molecular weight is 278 g/mol. The molecular weight excluding hydrogens is 264 g/mol. The largest absolute Gasteiger partial charge is 0.280 e. The van der Waals surface area contributed by atoms with Gasteiger partial charge in [-0.1, -0.05) is 42.5 Å². The zero-order chi connectivity index (χ0) is 14.7. The summed E-state index contributed by atoms with van der Waals surface area (Å²) in [5.74, 6) is 0.408. The van der Waals surface area contributed by atoms with Crippen molar-refractivity contribution in [1.29, 1.82) is 0 Å². The quantitative estimate of drug-likeness (QED) is 0.591. The lowest BCUT2D eigenvalue weighted by atomic mass is 10.2. The molecule has 0 unspecified atom stereocenters. The van der Waals surface area contributed by atoms with Crippen LogP contribution in [0, 0.1) is 0 Å². The normalized spacial score (nSPS) is 11.1. The van der Waals surface area contributed by atoms with Crippen LogP contribution in [0.2, 0.25) is 0 Å². The van der Waals surface area contributed by atoms with Gasteiger partial charge >= 0.3 is 0 Å². The summed E-state index contributed by atoms with van der Waals surface area (Å²) in [6.45, 7) is 0. The minimum atomic E-state index is -0.0991. The van der Waals surface area contributed by atoms with Gasteiger partial charge in [0.25, 0.3) is 5.56 Å². The summed E-state index contributed by atoms with van der Waals surface area (Å²) in [5.41, 5.74) is 4.34. The zero-order valence-electron chi connectivity index (χ0n) is 11.5. The first-order chi connectivity index (χ1) is 10.3. The van der Waals surface area contributed by atoms with E-state index in [-0.39, 0.29) is 5.56 Å². The summed E-state index contributed by atoms with van der Waals surface area (Å²) in [7, 11) is 1.67. The van der Waals surface area contributed by atoms with Crippen molar-refractivity contribution in [2.24, 2.45) is 12.1 Å². The van der Waals surface area contributed by atoms with Crippen LogP contribution in [0.3, 0.4) is 0 Å². The lowest BCUT2D eigenvalue weighted by Crippen LogP contribution is -2.21. The summed E-state index contributed by atoms with van der Waals surface area (Å²) >= 11 is 0. The number of hydrogen-bond donors (Lipinski definition) is 1. The molecule has 2 aromatic carbocycles. The second-order valence-corrected chi connectivity index (χ2v) is 4.60. The van der Waals surface area contributed by atoms with Crippen LogP contribution in [0.5, 0.6) is 0 Å². The number of nitrogens with one attached hydrogen (secondary N) is 1. The Labute approximate surface area is 121 Å². The predicted octanol–water partition coefficient (Wildman–Crippen LogP) is 2.38. The Kier molecular flexibility index (Phi) is 3.47. The molecule has 0 aliphatic heterocycles. The van der Waals surface area contributed by atoms with Gasteiger partial charge in [0.1, 0.15) is 0 Å². The highest BCUT2D eigenvalue weighted by molar-refractivity contribution is 5.80. The molecule has 1 aromatic heterocycles. The van der Waals surface area contributed by atoms with Crippen molar-refractivity contribution in [3.8, 4) is 0 Å². The first-order valence-corrected chi connectivity index (χ1v) is 6.55. The molecule has 0 amide bonds. The van der Waals surface area contributed by atoms with Crippen LogP contribution in [0.25, 0.3) is 10.9 Å². The molecule has 5 heteroatoms. The number of fused-ring (bicyclic) bond motifs is 1. The topological polar surface area (TPSA) is 59.3 Å². The lowest BCUT2D eigenvalue weighted by Gasteiger charge is -2.07. The first kappa shape index (κ1) is 13.1. The van der Waals surface area contributed by atoms with E-state index in [0.29, 0.717) is 16.9 Å². The molecule has 104 valence electrons. The van der Waals surface area contributed by atoms with E-state index in [2.05, 4.69) is 15.5 Å². The van der Waals surface area contributed by atoms with E-state index in [0.717, 1.165) is 5.56 Å². The molecule has 3 rings (SSSR count). The molecule has 3 aromatic rings. The third-order valence-corrected chi connectivity index (χ3v) is 3.16. The highest BCUT2D eigenvalue weighted by atomic mass is 16.1. The van der Waals surface area contributed by atoms with E-state index in [4.69, 9.17) is 0 Å². The van der Waals surface area contributed by atoms with Crippen LogP contribution in [-0.4, -0.2) is 15.8 Å². The Morgan fingerprint density at radius 2 is 1.81 bits per heavy atom. The van der Waals surface area contributed by atoms with Crippen LogP contribution in [0.4, 0.5) is 5.95 Å². The molecule has 0 aliphatic carbocycles. The highest BCUT2D eigenvalue weighted by Gasteiger charge is 2.06. The summed E-state index contributed by atoms with van der Waals surface area (Å²) in [5, 5.41) is 4.72. The van der Waals surface area contributed by atoms with E-state index >= 15 is 0 Å². The Morgan fingerprint density at radius 1 is 1.10 bits per heavy atom. The molecule has 0 saturated carbocycles. The summed E-state index contributed by atoms with van der Waals surface area (Å²) in [6, 6.07) is 17.0. The van der Waals surface area contributed by atoms with Gasteiger partial charge in [0.2, 0.25) is 5.95 Å². The molecular formula is C16H14N4O. The molecule has 1 N–H and O–H groups in total. The lowest BCUT2D eigenvalue weighted by molar-refractivity contribution is 0.846. The van der Waals surface area contributed by atoms with Crippen molar-refractivity contribution in [3.63, 3.8) is 0 Å². The van der Waals surface area contributed by atoms with Crippen LogP contribution in [0.1, 0.15) is 5.56 Å². The average Bonchev–Trinajstić information content (AvgIpc) is 2.53. The number of aromatic nitrogens is 2. The Hall–Kier alpha value is -2.95. The molecule has 0 spiro atoms. The van der Waals surface area contributed by atoms with E-state index in [1.54, 1.807) is 19.3 Å². The fraction of sp³-hybridized carbons (Fsp3) is 0.0625. The Bertz CT molecular complexity index is 853. The van der Waals surface area contributed by atoms with E-state index < -0.39 is 0 Å². The van der Waals surface area contributed by atoms with Gasteiger partial charge in [-0.25, -0.2) is 10.4 Å². The number of hydrogen-bond acceptors (Lipinski definition) is 4. The minimum absolute atomic E-state index is 0.0991. The Morgan fingerprint density at radius 3 is 2.62 bits per heavy atom. The molecule has 0 saturated heterocycles. The van der Waals surface area contributed by atoms with E-state index in [1.807, 2.05) is 48.5 Å². The smallest absolute Gasteiger partial charge is 0.262 e. The number of rotatable bonds is 3. The Balaban J connectivity index is 1.93. The molecule has 1 heterocycles. The maximum atomic E-state index is 12.2. The van der Waals surface area contributed by atoms with Crippen molar-refractivity contribution < 1.29 is 0 Å². The fourth-order valence-electron chi connectivity index (χ4n) is 2.02. The third-order valence-electron chi connectivity index (χ3n) is 3.16. The number of nitrogens with zero attached hydrogens (tertiary/aromatic N) is 3. The summed E-state index contributed by atoms with van der Waals surface area (Å²) in [6.07, 6.45) is 1.68. The number of benzene rings is 2. The minimum Gasteiger partial charge on any atom is -0.280 e. The van der Waals surface area contributed by atoms with E-state index in [1.165, 1.54) is 4.57 Å². The zero-order valence-corrected chi connectivity index (χ0v) is 11.5. The molecule has 0 bridgehead atoms. The van der Waals surface area contributed by atoms with Gasteiger partial charge in [-0.2, -0.15) is 5.10 Å². The number of anilines is 1. The predicted molar refractivity (Wildman–Crippen MR) is 84.6 cm³/mol. The van der Waals surface area contributed by atoms with Crippen LogP contribution < -0.4 is 11.0 Å². The highest BCUT2D eigenvalue weighted by Crippen LogP contribution is 2.09. The molecule has 0 radical (unpaired) electrons. The number of hydrazone groups is 1. The maximum absolute atomic E-state index is 12.2. The van der Waals surface area contributed by atoms with Crippen LogP contribution in [0.15, 0.2) is 64.5 Å². The van der Waals surface area contributed by atoms with Crippen LogP contribution >= 0.6 is 0 Å². The molecule has 5 nitrogen and oxygen atoms in total. The van der Waals surface area contributed by atoms with Crippen molar-refractivity contribution in [2.75, 3.05) is 5.43 Å². The second-order valence-electron chi connectivity index (χ2n) is 4.60. The van der Waals surface area contributed by atoms with Gasteiger partial charge in [-0.05, 0) is 17.7 Å². The van der Waals surface area contributed by atoms with Crippen LogP contribution in [-0.2, 0) is 7.05 Å². The van der Waals surface area contributed by atoms with Gasteiger partial charge in [0.05, 0.1) is 17.1 Å². The standard InChI is InChI=1S/C16H14N4O/c1-20-15(21)13-9-5-6-10-14(13)18-16(20)19-17-11-12-7-3-2-4-8-12/h2-11H,1H3,(H,18,19)/b17-11+.